The molecule has 19 heavy (non-hydrogen) atoms. The molecule has 4 nitrogen and oxygen atoms in total. The largest absolute Gasteiger partial charge is 0.391 e. The van der Waals surface area contributed by atoms with Gasteiger partial charge in [0.15, 0.2) is 0 Å². The van der Waals surface area contributed by atoms with Crippen LogP contribution in [0.25, 0.3) is 0 Å². The predicted octanol–water partition coefficient (Wildman–Crippen LogP) is 3.09. The number of aliphatic hydroxyl groups excluding tert-OH is 1. The third-order valence-electron chi connectivity index (χ3n) is 3.42. The Morgan fingerprint density at radius 3 is 2.63 bits per heavy atom. The van der Waals surface area contributed by atoms with Gasteiger partial charge in [0.2, 0.25) is 0 Å². The highest BCUT2D eigenvalue weighted by atomic mass is 79.9. The third kappa shape index (κ3) is 3.16. The van der Waals surface area contributed by atoms with E-state index in [9.17, 15) is 13.5 Å². The molecule has 0 aromatic carbocycles. The van der Waals surface area contributed by atoms with Crippen molar-refractivity contribution >= 4 is 48.9 Å². The first-order valence-electron chi connectivity index (χ1n) is 5.95. The van der Waals surface area contributed by atoms with Gasteiger partial charge in [-0.3, -0.25) is 0 Å². The minimum atomic E-state index is -3.60. The monoisotopic (exact) mass is 387 g/mol. The zero-order valence-electron chi connectivity index (χ0n) is 10.3. The highest BCUT2D eigenvalue weighted by molar-refractivity contribution is 9.11. The van der Waals surface area contributed by atoms with Gasteiger partial charge in [0.1, 0.15) is 4.21 Å². The van der Waals surface area contributed by atoms with E-state index in [0.717, 1.165) is 24.2 Å². The third-order valence-corrected chi connectivity index (χ3v) is 8.22. The van der Waals surface area contributed by atoms with E-state index in [0.29, 0.717) is 21.7 Å². The SMILES string of the molecule is CN(C1CCCCC1O)S(=O)(=O)c1cc(Cl)c(Br)s1. The zero-order valence-corrected chi connectivity index (χ0v) is 14.3. The molecule has 0 amide bonds. The molecular weight excluding hydrogens is 374 g/mol. The summed E-state index contributed by atoms with van der Waals surface area (Å²) in [5.41, 5.74) is 0. The van der Waals surface area contributed by atoms with Crippen LogP contribution < -0.4 is 0 Å². The molecule has 1 aliphatic carbocycles. The number of aliphatic hydroxyl groups is 1. The molecule has 0 spiro atoms. The first-order valence-corrected chi connectivity index (χ1v) is 9.37. The standard InChI is InChI=1S/C11H15BrClNO3S2/c1-14(8-4-2-3-5-9(8)15)19(16,17)10-6-7(13)11(12)18-10/h6,8-9,15H,2-5H2,1H3. The predicted molar refractivity (Wildman–Crippen MR) is 80.2 cm³/mol. The lowest BCUT2D eigenvalue weighted by atomic mass is 9.93. The zero-order chi connectivity index (χ0) is 14.2. The van der Waals surface area contributed by atoms with Crippen LogP contribution in [0.2, 0.25) is 5.02 Å². The summed E-state index contributed by atoms with van der Waals surface area (Å²) in [4.78, 5) is 0. The van der Waals surface area contributed by atoms with E-state index >= 15 is 0 Å². The smallest absolute Gasteiger partial charge is 0.252 e. The van der Waals surface area contributed by atoms with Crippen molar-refractivity contribution < 1.29 is 13.5 Å². The Morgan fingerprint density at radius 2 is 2.11 bits per heavy atom. The van der Waals surface area contributed by atoms with Crippen LogP contribution in [0.4, 0.5) is 0 Å². The molecule has 1 aromatic rings. The van der Waals surface area contributed by atoms with Crippen molar-refractivity contribution in [3.8, 4) is 0 Å². The van der Waals surface area contributed by atoms with Crippen LogP contribution in [0.3, 0.4) is 0 Å². The molecule has 1 aliphatic rings. The van der Waals surface area contributed by atoms with Crippen molar-refractivity contribution in [3.63, 3.8) is 0 Å². The molecule has 8 heteroatoms. The van der Waals surface area contributed by atoms with Crippen LogP contribution in [0.15, 0.2) is 14.1 Å². The Balaban J connectivity index is 2.28. The Bertz CT molecular complexity index is 541. The lowest BCUT2D eigenvalue weighted by Gasteiger charge is -2.34. The summed E-state index contributed by atoms with van der Waals surface area (Å²) in [5.74, 6) is 0. The van der Waals surface area contributed by atoms with Crippen molar-refractivity contribution in [3.05, 3.63) is 14.9 Å². The second-order valence-corrected chi connectivity index (χ2v) is 9.63. The fraction of sp³-hybridized carbons (Fsp3) is 0.636. The summed E-state index contributed by atoms with van der Waals surface area (Å²) in [5, 5.41) is 10.4. The Kier molecular flexibility index (Phi) is 4.96. The number of hydrogen-bond acceptors (Lipinski definition) is 4. The van der Waals surface area contributed by atoms with Gasteiger partial charge >= 0.3 is 0 Å². The number of hydrogen-bond donors (Lipinski definition) is 1. The van der Waals surface area contributed by atoms with Crippen LogP contribution in [0.1, 0.15) is 25.7 Å². The number of sulfonamides is 1. The fourth-order valence-electron chi connectivity index (χ4n) is 2.29. The molecule has 0 radical (unpaired) electrons. The molecule has 1 heterocycles. The molecule has 0 aliphatic heterocycles. The molecule has 108 valence electrons. The van der Waals surface area contributed by atoms with Crippen molar-refractivity contribution in [1.29, 1.82) is 0 Å². The number of thiophene rings is 1. The van der Waals surface area contributed by atoms with Gasteiger partial charge in [0.05, 0.1) is 21.0 Å². The van der Waals surface area contributed by atoms with Crippen LogP contribution >= 0.6 is 38.9 Å². The van der Waals surface area contributed by atoms with Gasteiger partial charge in [-0.1, -0.05) is 24.4 Å². The van der Waals surface area contributed by atoms with E-state index in [1.165, 1.54) is 17.4 Å². The lowest BCUT2D eigenvalue weighted by Crippen LogP contribution is -2.45. The quantitative estimate of drug-likeness (QED) is 0.865. The van der Waals surface area contributed by atoms with Gasteiger partial charge in [0, 0.05) is 7.05 Å². The van der Waals surface area contributed by atoms with Gasteiger partial charge < -0.3 is 5.11 Å². The maximum absolute atomic E-state index is 12.5. The molecule has 0 bridgehead atoms. The normalized spacial score (nSPS) is 24.9. The number of nitrogens with zero attached hydrogens (tertiary/aromatic N) is 1. The molecule has 1 saturated carbocycles. The van der Waals surface area contributed by atoms with E-state index in [-0.39, 0.29) is 10.3 Å². The molecule has 2 atom stereocenters. The summed E-state index contributed by atoms with van der Waals surface area (Å²) >= 11 is 10.2. The summed E-state index contributed by atoms with van der Waals surface area (Å²) in [6.45, 7) is 0. The lowest BCUT2D eigenvalue weighted by molar-refractivity contribution is 0.0638. The summed E-state index contributed by atoms with van der Waals surface area (Å²) in [6, 6.07) is 1.09. The minimum absolute atomic E-state index is 0.199. The van der Waals surface area contributed by atoms with Gasteiger partial charge in [0.25, 0.3) is 10.0 Å². The van der Waals surface area contributed by atoms with Gasteiger partial charge in [-0.05, 0) is 34.8 Å². The van der Waals surface area contributed by atoms with Crippen molar-refractivity contribution in [2.75, 3.05) is 7.05 Å². The highest BCUT2D eigenvalue weighted by Gasteiger charge is 2.35. The Morgan fingerprint density at radius 1 is 1.47 bits per heavy atom. The summed E-state index contributed by atoms with van der Waals surface area (Å²) in [6.07, 6.45) is 2.64. The Labute approximate surface area is 130 Å². The van der Waals surface area contributed by atoms with Gasteiger partial charge in [-0.2, -0.15) is 4.31 Å². The molecule has 2 unspecified atom stereocenters. The van der Waals surface area contributed by atoms with E-state index in [1.807, 2.05) is 0 Å². The molecule has 1 N–H and O–H groups in total. The molecule has 1 fully saturated rings. The first-order chi connectivity index (χ1) is 8.84. The van der Waals surface area contributed by atoms with E-state index in [1.54, 1.807) is 0 Å². The minimum Gasteiger partial charge on any atom is -0.391 e. The Hall–Kier alpha value is 0.340. The van der Waals surface area contributed by atoms with Crippen molar-refractivity contribution in [2.45, 2.75) is 42.0 Å². The van der Waals surface area contributed by atoms with Crippen LogP contribution in [-0.2, 0) is 10.0 Å². The second-order valence-electron chi connectivity index (χ2n) is 4.63. The molecule has 0 saturated heterocycles. The van der Waals surface area contributed by atoms with E-state index in [2.05, 4.69) is 15.9 Å². The number of halogens is 2. The number of likely N-dealkylation sites (N-methyl/N-ethyl adjacent to an activating group) is 1. The maximum Gasteiger partial charge on any atom is 0.252 e. The van der Waals surface area contributed by atoms with Crippen LogP contribution in [0.5, 0.6) is 0 Å². The van der Waals surface area contributed by atoms with Crippen molar-refractivity contribution in [1.82, 2.24) is 4.31 Å². The van der Waals surface area contributed by atoms with E-state index < -0.39 is 16.1 Å². The van der Waals surface area contributed by atoms with E-state index in [4.69, 9.17) is 11.6 Å². The van der Waals surface area contributed by atoms with Gasteiger partial charge in [-0.15, -0.1) is 11.3 Å². The fourth-order valence-corrected chi connectivity index (χ4v) is 6.29. The number of rotatable bonds is 3. The van der Waals surface area contributed by atoms with Crippen LogP contribution in [-0.4, -0.2) is 37.0 Å². The second kappa shape index (κ2) is 5.99. The molecule has 1 aromatic heterocycles. The maximum atomic E-state index is 12.5. The summed E-state index contributed by atoms with van der Waals surface area (Å²) < 4.78 is 27.1. The average Bonchev–Trinajstić information content (AvgIpc) is 2.70. The van der Waals surface area contributed by atoms with Gasteiger partial charge in [-0.25, -0.2) is 8.42 Å². The first kappa shape index (κ1) is 15.7. The highest BCUT2D eigenvalue weighted by Crippen LogP contribution is 2.37. The van der Waals surface area contributed by atoms with Crippen LogP contribution in [0, 0.1) is 0 Å². The summed E-state index contributed by atoms with van der Waals surface area (Å²) in [7, 11) is -2.07. The average molecular weight is 389 g/mol. The topological polar surface area (TPSA) is 57.6 Å². The molecular formula is C11H15BrClNO3S2. The van der Waals surface area contributed by atoms with Crippen molar-refractivity contribution in [2.24, 2.45) is 0 Å². The molecule has 2 rings (SSSR count).